The first-order valence-corrected chi connectivity index (χ1v) is 6.10. The molecule has 0 aliphatic carbocycles. The Balaban J connectivity index is 2.42. The lowest BCUT2D eigenvalue weighted by atomic mass is 10.1. The number of anilines is 1. The summed E-state index contributed by atoms with van der Waals surface area (Å²) in [6, 6.07) is 3.69. The van der Waals surface area contributed by atoms with E-state index >= 15 is 0 Å². The molecular formula is C12H15BrN2O2. The van der Waals surface area contributed by atoms with Crippen LogP contribution in [0.5, 0.6) is 0 Å². The van der Waals surface area contributed by atoms with Gasteiger partial charge < -0.3 is 14.9 Å². The first kappa shape index (κ1) is 12.4. The van der Waals surface area contributed by atoms with Gasteiger partial charge in [-0.25, -0.2) is 4.98 Å². The Morgan fingerprint density at radius 3 is 2.82 bits per heavy atom. The normalized spacial score (nSPS) is 12.2. The summed E-state index contributed by atoms with van der Waals surface area (Å²) in [4.78, 5) is 4.41. The maximum Gasteiger partial charge on any atom is 0.198 e. The number of nitrogens with zero attached hydrogens (tertiary/aromatic N) is 1. The number of fused-ring (bicyclic) bond motifs is 1. The molecule has 0 unspecified atom stereocenters. The van der Waals surface area contributed by atoms with Crippen molar-refractivity contribution in [1.29, 1.82) is 0 Å². The van der Waals surface area contributed by atoms with E-state index in [2.05, 4.69) is 20.9 Å². The van der Waals surface area contributed by atoms with E-state index in [1.54, 1.807) is 13.2 Å². The van der Waals surface area contributed by atoms with Crippen molar-refractivity contribution in [2.45, 2.75) is 25.9 Å². The van der Waals surface area contributed by atoms with Crippen LogP contribution in [0, 0.1) is 0 Å². The van der Waals surface area contributed by atoms with E-state index in [-0.39, 0.29) is 5.60 Å². The van der Waals surface area contributed by atoms with Crippen molar-refractivity contribution in [3.63, 3.8) is 0 Å². The molecule has 1 aromatic carbocycles. The predicted octanol–water partition coefficient (Wildman–Crippen LogP) is 3.14. The predicted molar refractivity (Wildman–Crippen MR) is 70.9 cm³/mol. The number of oxazole rings is 1. The first-order valence-electron chi connectivity index (χ1n) is 5.31. The first-order chi connectivity index (χ1) is 7.91. The molecule has 0 amide bonds. The fourth-order valence-corrected chi connectivity index (χ4v) is 2.04. The Labute approximate surface area is 108 Å². The average molecular weight is 299 g/mol. The third-order valence-electron chi connectivity index (χ3n) is 2.66. The fraction of sp³-hybridized carbons (Fsp3) is 0.417. The van der Waals surface area contributed by atoms with Gasteiger partial charge in [0.25, 0.3) is 0 Å². The number of halogens is 1. The molecule has 5 heteroatoms. The quantitative estimate of drug-likeness (QED) is 0.884. The lowest BCUT2D eigenvalue weighted by Crippen LogP contribution is -2.25. The van der Waals surface area contributed by atoms with E-state index in [0.29, 0.717) is 23.6 Å². The highest BCUT2D eigenvalue weighted by Gasteiger charge is 2.21. The molecule has 0 fully saturated rings. The van der Waals surface area contributed by atoms with Crippen LogP contribution in [-0.2, 0) is 11.2 Å². The molecule has 2 aromatic rings. The molecule has 17 heavy (non-hydrogen) atoms. The number of nitrogens with two attached hydrogens (primary N) is 1. The zero-order valence-corrected chi connectivity index (χ0v) is 11.7. The van der Waals surface area contributed by atoms with Gasteiger partial charge in [-0.1, -0.05) is 15.9 Å². The topological polar surface area (TPSA) is 61.3 Å². The molecule has 92 valence electrons. The Morgan fingerprint density at radius 2 is 2.18 bits per heavy atom. The van der Waals surface area contributed by atoms with Gasteiger partial charge in [0.2, 0.25) is 0 Å². The number of aromatic nitrogens is 1. The van der Waals surface area contributed by atoms with Crippen LogP contribution >= 0.6 is 15.9 Å². The summed E-state index contributed by atoms with van der Waals surface area (Å²) in [6.07, 6.45) is 0.606. The summed E-state index contributed by atoms with van der Waals surface area (Å²) in [6.45, 7) is 3.97. The van der Waals surface area contributed by atoms with Crippen LogP contribution in [-0.4, -0.2) is 17.7 Å². The highest BCUT2D eigenvalue weighted by atomic mass is 79.9. The van der Waals surface area contributed by atoms with Crippen LogP contribution in [0.3, 0.4) is 0 Å². The second-order valence-electron chi connectivity index (χ2n) is 4.59. The Kier molecular flexibility index (Phi) is 3.14. The van der Waals surface area contributed by atoms with Crippen LogP contribution in [0.15, 0.2) is 21.0 Å². The second-order valence-corrected chi connectivity index (χ2v) is 5.51. The zero-order valence-electron chi connectivity index (χ0n) is 10.1. The number of nitrogen functional groups attached to an aromatic ring is 1. The standard InChI is InChI=1S/C12H15BrN2O2/c1-12(2,16-3)6-10-15-9-5-7(13)4-8(14)11(9)17-10/h4-5H,6,14H2,1-3H3. The summed E-state index contributed by atoms with van der Waals surface area (Å²) in [5.74, 6) is 0.636. The summed E-state index contributed by atoms with van der Waals surface area (Å²) < 4.78 is 11.9. The fourth-order valence-electron chi connectivity index (χ4n) is 1.58. The minimum atomic E-state index is -0.299. The minimum Gasteiger partial charge on any atom is -0.438 e. The molecule has 1 aromatic heterocycles. The Morgan fingerprint density at radius 1 is 1.47 bits per heavy atom. The third-order valence-corrected chi connectivity index (χ3v) is 3.12. The van der Waals surface area contributed by atoms with Gasteiger partial charge in [0.1, 0.15) is 5.52 Å². The van der Waals surface area contributed by atoms with Crippen LogP contribution in [0.1, 0.15) is 19.7 Å². The molecule has 0 aliphatic rings. The van der Waals surface area contributed by atoms with Crippen molar-refractivity contribution in [1.82, 2.24) is 4.98 Å². The average Bonchev–Trinajstić information content (AvgIpc) is 2.59. The second kappa shape index (κ2) is 4.31. The molecule has 0 saturated carbocycles. The number of benzene rings is 1. The van der Waals surface area contributed by atoms with E-state index < -0.39 is 0 Å². The summed E-state index contributed by atoms with van der Waals surface area (Å²) >= 11 is 3.38. The molecular weight excluding hydrogens is 284 g/mol. The summed E-state index contributed by atoms with van der Waals surface area (Å²) in [5.41, 5.74) is 7.56. The van der Waals surface area contributed by atoms with E-state index in [9.17, 15) is 0 Å². The van der Waals surface area contributed by atoms with Gasteiger partial charge in [-0.15, -0.1) is 0 Å². The van der Waals surface area contributed by atoms with Crippen LogP contribution in [0.25, 0.3) is 11.1 Å². The van der Waals surface area contributed by atoms with Gasteiger partial charge >= 0.3 is 0 Å². The van der Waals surface area contributed by atoms with Gasteiger partial charge in [0, 0.05) is 11.6 Å². The number of rotatable bonds is 3. The smallest absolute Gasteiger partial charge is 0.198 e. The van der Waals surface area contributed by atoms with Crippen molar-refractivity contribution in [2.24, 2.45) is 0 Å². The van der Waals surface area contributed by atoms with Crippen molar-refractivity contribution in [3.8, 4) is 0 Å². The summed E-state index contributed by atoms with van der Waals surface area (Å²) in [5, 5.41) is 0. The van der Waals surface area contributed by atoms with E-state index in [0.717, 1.165) is 9.99 Å². The van der Waals surface area contributed by atoms with E-state index in [4.69, 9.17) is 14.9 Å². The van der Waals surface area contributed by atoms with Crippen molar-refractivity contribution in [3.05, 3.63) is 22.5 Å². The highest BCUT2D eigenvalue weighted by Crippen LogP contribution is 2.28. The lowest BCUT2D eigenvalue weighted by molar-refractivity contribution is 0.0184. The molecule has 0 aliphatic heterocycles. The summed E-state index contributed by atoms with van der Waals surface area (Å²) in [7, 11) is 1.67. The van der Waals surface area contributed by atoms with Crippen molar-refractivity contribution in [2.75, 3.05) is 12.8 Å². The monoisotopic (exact) mass is 298 g/mol. The van der Waals surface area contributed by atoms with E-state index in [1.165, 1.54) is 0 Å². The molecule has 4 nitrogen and oxygen atoms in total. The molecule has 0 atom stereocenters. The number of ether oxygens (including phenoxy) is 1. The van der Waals surface area contributed by atoms with Gasteiger partial charge in [-0.3, -0.25) is 0 Å². The third kappa shape index (κ3) is 2.61. The van der Waals surface area contributed by atoms with Crippen LogP contribution < -0.4 is 5.73 Å². The van der Waals surface area contributed by atoms with Gasteiger partial charge in [0.15, 0.2) is 11.5 Å². The molecule has 0 radical (unpaired) electrons. The highest BCUT2D eigenvalue weighted by molar-refractivity contribution is 9.10. The molecule has 0 spiro atoms. The van der Waals surface area contributed by atoms with Gasteiger partial charge in [0.05, 0.1) is 17.7 Å². The van der Waals surface area contributed by atoms with Gasteiger partial charge in [-0.05, 0) is 26.0 Å². The van der Waals surface area contributed by atoms with Gasteiger partial charge in [-0.2, -0.15) is 0 Å². The van der Waals surface area contributed by atoms with Crippen LogP contribution in [0.4, 0.5) is 5.69 Å². The van der Waals surface area contributed by atoms with Crippen molar-refractivity contribution >= 4 is 32.7 Å². The molecule has 2 rings (SSSR count). The van der Waals surface area contributed by atoms with E-state index in [1.807, 2.05) is 19.9 Å². The maximum atomic E-state index is 5.87. The van der Waals surface area contributed by atoms with Crippen molar-refractivity contribution < 1.29 is 9.15 Å². The molecule has 0 bridgehead atoms. The number of hydrogen-bond acceptors (Lipinski definition) is 4. The minimum absolute atomic E-state index is 0.299. The Bertz CT molecular complexity index is 549. The molecule has 0 saturated heterocycles. The SMILES string of the molecule is COC(C)(C)Cc1nc2cc(Br)cc(N)c2o1. The molecule has 1 heterocycles. The lowest BCUT2D eigenvalue weighted by Gasteiger charge is -2.20. The number of methoxy groups -OCH3 is 1. The molecule has 2 N–H and O–H groups in total. The zero-order chi connectivity index (χ0) is 12.6. The maximum absolute atomic E-state index is 5.87. The number of hydrogen-bond donors (Lipinski definition) is 1. The largest absolute Gasteiger partial charge is 0.438 e. The van der Waals surface area contributed by atoms with Crippen LogP contribution in [0.2, 0.25) is 0 Å². The Hall–Kier alpha value is -1.07.